The molecule has 1 saturated heterocycles. The number of phenolic OH excluding ortho intramolecular Hbond substituents is 1. The Morgan fingerprint density at radius 3 is 2.35 bits per heavy atom. The van der Waals surface area contributed by atoms with E-state index in [1.165, 1.54) is 23.2 Å². The van der Waals surface area contributed by atoms with Gasteiger partial charge in [0.05, 0.1) is 107 Å². The number of hydrazine groups is 1. The molecule has 0 bridgehead atoms. The number of hydrogen-bond acceptors (Lipinski definition) is 20. The first-order chi connectivity index (χ1) is 37.5. The largest absolute Gasteiger partial charge is 0.506 e. The third-order valence-electron chi connectivity index (χ3n) is 12.0. The predicted molar refractivity (Wildman–Crippen MR) is 292 cm³/mol. The Labute approximate surface area is 448 Å². The van der Waals surface area contributed by atoms with Crippen LogP contribution in [-0.2, 0) is 33.2 Å². The van der Waals surface area contributed by atoms with Gasteiger partial charge in [0.15, 0.2) is 11.5 Å². The SMILES string of the molecule is CCOC(=O)C1=C(O)/C(=C/c2ccc(OCCOCCN(N)/C=C(\N)COCCOCCOCCOCCN3CCN(c4ccc5cc(-c6cn7ccc(F)cc7n6)c(=O)oc5c4)CC3)c(O)c2)SC1=Nc1ccccc1. The van der Waals surface area contributed by atoms with E-state index in [1.807, 2.05) is 36.4 Å². The molecule has 6 N–H and O–H groups in total. The lowest BCUT2D eigenvalue weighted by molar-refractivity contribution is -0.138. The molecule has 1 fully saturated rings. The van der Waals surface area contributed by atoms with Crippen molar-refractivity contribution >= 4 is 56.8 Å². The molecule has 0 atom stereocenters. The van der Waals surface area contributed by atoms with Crippen LogP contribution in [0.4, 0.5) is 15.8 Å². The molecule has 0 amide bonds. The highest BCUT2D eigenvalue weighted by atomic mass is 32.2. The van der Waals surface area contributed by atoms with Crippen LogP contribution in [0, 0.1) is 5.82 Å². The van der Waals surface area contributed by atoms with E-state index >= 15 is 0 Å². The van der Waals surface area contributed by atoms with Crippen molar-refractivity contribution in [1.82, 2.24) is 19.3 Å². The maximum atomic E-state index is 13.7. The molecule has 6 aromatic rings. The van der Waals surface area contributed by atoms with Crippen LogP contribution in [0.3, 0.4) is 0 Å². The second kappa shape index (κ2) is 28.2. The lowest BCUT2D eigenvalue weighted by atomic mass is 10.1. The number of rotatable bonds is 28. The molecular weight excluding hydrogens is 1020 g/mol. The molecule has 2 aliphatic rings. The number of halogens is 1. The van der Waals surface area contributed by atoms with Gasteiger partial charge in [-0.2, -0.15) is 0 Å². The number of piperazine rings is 1. The van der Waals surface area contributed by atoms with E-state index in [4.69, 9.17) is 49.2 Å². The van der Waals surface area contributed by atoms with E-state index < -0.39 is 17.4 Å². The summed E-state index contributed by atoms with van der Waals surface area (Å²) in [5, 5.41) is 24.1. The van der Waals surface area contributed by atoms with E-state index in [2.05, 4.69) is 19.8 Å². The average molecular weight is 1080 g/mol. The minimum atomic E-state index is -0.677. The van der Waals surface area contributed by atoms with Gasteiger partial charge in [-0.3, -0.25) is 4.90 Å². The van der Waals surface area contributed by atoms with Gasteiger partial charge in [-0.05, 0) is 67.1 Å². The highest BCUT2D eigenvalue weighted by molar-refractivity contribution is 8.18. The van der Waals surface area contributed by atoms with Crippen molar-refractivity contribution in [3.05, 3.63) is 147 Å². The number of ether oxygens (including phenoxy) is 7. The molecule has 22 heteroatoms. The third-order valence-corrected chi connectivity index (χ3v) is 13.1. The first-order valence-corrected chi connectivity index (χ1v) is 26.0. The van der Waals surface area contributed by atoms with Gasteiger partial charge in [-0.25, -0.2) is 29.8 Å². The number of nitrogens with zero attached hydrogens (tertiary/aromatic N) is 6. The zero-order chi connectivity index (χ0) is 53.9. The maximum absolute atomic E-state index is 13.7. The van der Waals surface area contributed by atoms with Gasteiger partial charge in [0.25, 0.3) is 0 Å². The minimum absolute atomic E-state index is 0.0177. The summed E-state index contributed by atoms with van der Waals surface area (Å²) in [6, 6.07) is 24.2. The van der Waals surface area contributed by atoms with Crippen LogP contribution < -0.4 is 26.8 Å². The Bertz CT molecular complexity index is 3120. The van der Waals surface area contributed by atoms with Crippen molar-refractivity contribution in [1.29, 1.82) is 0 Å². The summed E-state index contributed by atoms with van der Waals surface area (Å²) >= 11 is 1.13. The number of aliphatic hydroxyl groups excluding tert-OH is 1. The number of hydrogen-bond donors (Lipinski definition) is 4. The fraction of sp³-hybridized carbons (Fsp3) is 0.345. The molecule has 8 rings (SSSR count). The van der Waals surface area contributed by atoms with E-state index in [0.717, 1.165) is 55.6 Å². The zero-order valence-corrected chi connectivity index (χ0v) is 43.5. The zero-order valence-electron chi connectivity index (χ0n) is 42.7. The quantitative estimate of drug-likeness (QED) is 0.0136. The van der Waals surface area contributed by atoms with E-state index in [9.17, 15) is 24.2 Å². The number of carbonyl (C=O) groups excluding carboxylic acids is 1. The van der Waals surface area contributed by atoms with E-state index in [1.54, 1.807) is 66.3 Å². The van der Waals surface area contributed by atoms with Crippen molar-refractivity contribution in [3.8, 4) is 22.8 Å². The molecule has 77 heavy (non-hydrogen) atoms. The van der Waals surface area contributed by atoms with Crippen molar-refractivity contribution in [2.75, 3.05) is 123 Å². The van der Waals surface area contributed by atoms with Gasteiger partial charge in [0.1, 0.15) is 40.0 Å². The van der Waals surface area contributed by atoms with Gasteiger partial charge in [-0.15, -0.1) is 0 Å². The number of fused-ring (bicyclic) bond motifs is 2. The van der Waals surface area contributed by atoms with Crippen LogP contribution in [0.1, 0.15) is 12.5 Å². The molecule has 20 nitrogen and oxygen atoms in total. The molecule has 3 aromatic carbocycles. The molecule has 0 aliphatic carbocycles. The molecule has 0 saturated carbocycles. The van der Waals surface area contributed by atoms with E-state index in [-0.39, 0.29) is 49.3 Å². The number of aromatic hydroxyl groups is 1. The van der Waals surface area contributed by atoms with Crippen LogP contribution in [-0.4, -0.2) is 159 Å². The monoisotopic (exact) mass is 1080 g/mol. The molecule has 3 aromatic heterocycles. The number of nitrogens with two attached hydrogens (primary N) is 2. The Hall–Kier alpha value is -7.28. The molecule has 5 heterocycles. The molecule has 0 spiro atoms. The maximum Gasteiger partial charge on any atom is 0.345 e. The third kappa shape index (κ3) is 16.1. The number of imidazole rings is 1. The van der Waals surface area contributed by atoms with Crippen molar-refractivity contribution in [2.45, 2.75) is 6.92 Å². The molecular formula is C55H63FN8O12S. The number of pyridine rings is 1. The smallest absolute Gasteiger partial charge is 0.345 e. The fourth-order valence-corrected chi connectivity index (χ4v) is 9.18. The summed E-state index contributed by atoms with van der Waals surface area (Å²) < 4.78 is 60.2. The van der Waals surface area contributed by atoms with Crippen LogP contribution in [0.15, 0.2) is 140 Å². The topological polar surface area (TPSA) is 244 Å². The number of phenols is 1. The molecule has 408 valence electrons. The second-order valence-electron chi connectivity index (χ2n) is 17.6. The summed E-state index contributed by atoms with van der Waals surface area (Å²) in [5.41, 5.74) is 9.82. The number of carbonyl (C=O) groups is 1. The van der Waals surface area contributed by atoms with Gasteiger partial charge in [0.2, 0.25) is 0 Å². The number of thioether (sulfide) groups is 1. The minimum Gasteiger partial charge on any atom is -0.506 e. The van der Waals surface area contributed by atoms with Gasteiger partial charge < -0.3 is 67.8 Å². The Morgan fingerprint density at radius 2 is 1.60 bits per heavy atom. The molecule has 0 radical (unpaired) electrons. The first kappa shape index (κ1) is 55.9. The Kier molecular flexibility index (Phi) is 20.5. The van der Waals surface area contributed by atoms with Crippen molar-refractivity contribution in [3.63, 3.8) is 0 Å². The van der Waals surface area contributed by atoms with E-state index in [0.29, 0.717) is 109 Å². The Morgan fingerprint density at radius 1 is 0.870 bits per heavy atom. The lowest BCUT2D eigenvalue weighted by Crippen LogP contribution is -2.47. The molecule has 2 aliphatic heterocycles. The number of para-hydroxylation sites is 1. The number of anilines is 1. The highest BCUT2D eigenvalue weighted by Crippen LogP contribution is 2.41. The number of aromatic nitrogens is 2. The number of aliphatic hydroxyl groups is 1. The Balaban J connectivity index is 0.613. The first-order valence-electron chi connectivity index (χ1n) is 25.2. The van der Waals surface area contributed by atoms with Crippen LogP contribution >= 0.6 is 11.8 Å². The fourth-order valence-electron chi connectivity index (χ4n) is 8.14. The highest BCUT2D eigenvalue weighted by Gasteiger charge is 2.33. The molecule has 0 unspecified atom stereocenters. The van der Waals surface area contributed by atoms with Crippen LogP contribution in [0.5, 0.6) is 11.5 Å². The van der Waals surface area contributed by atoms with Crippen molar-refractivity contribution < 1.29 is 57.0 Å². The summed E-state index contributed by atoms with van der Waals surface area (Å²) in [6.07, 6.45) is 6.46. The average Bonchev–Trinajstić information content (AvgIpc) is 3.99. The number of aliphatic imine (C=N–C) groups is 1. The number of esters is 1. The van der Waals surface area contributed by atoms with Gasteiger partial charge in [0, 0.05) is 74.5 Å². The van der Waals surface area contributed by atoms with Gasteiger partial charge >= 0.3 is 11.6 Å². The summed E-state index contributed by atoms with van der Waals surface area (Å²) in [4.78, 5) is 39.6. The standard InChI is InChI=1S/C55H63FN8O12S/c1-2-74-55(68)51-52(66)49(77-53(51)59-42-6-4-3-5-7-42)31-38-8-11-47(46(65)30-38)75-29-28-70-21-19-64(58)35-41(57)37-73-27-26-72-25-24-71-23-22-69-20-18-61-14-16-62(17-15-61)43-10-9-39-32-44(54(67)76-48(39)34-43)45-36-63-13-12-40(56)33-50(63)60-45/h3-13,30-36,65-66H,2,14-29,37,57-58H2,1H3/b41-35-,49-31-,59-53?. The van der Waals surface area contributed by atoms with Crippen LogP contribution in [0.25, 0.3) is 33.9 Å². The summed E-state index contributed by atoms with van der Waals surface area (Å²) in [6.45, 7) is 10.4. The lowest BCUT2D eigenvalue weighted by Gasteiger charge is -2.36. The predicted octanol–water partition coefficient (Wildman–Crippen LogP) is 6.41. The second-order valence-corrected chi connectivity index (χ2v) is 18.6. The summed E-state index contributed by atoms with van der Waals surface area (Å²) in [7, 11) is 0. The van der Waals surface area contributed by atoms with Crippen LogP contribution in [0.2, 0.25) is 0 Å². The van der Waals surface area contributed by atoms with Crippen molar-refractivity contribution in [2.24, 2.45) is 16.6 Å². The number of benzene rings is 3. The summed E-state index contributed by atoms with van der Waals surface area (Å²) in [5.74, 6) is 4.86. The van der Waals surface area contributed by atoms with Gasteiger partial charge in [-0.1, -0.05) is 36.0 Å². The normalized spacial score (nSPS) is 15.4.